The van der Waals surface area contributed by atoms with Crippen LogP contribution < -0.4 is 35.3 Å². The highest BCUT2D eigenvalue weighted by Crippen LogP contribution is 2.49. The number of benzene rings is 4. The van der Waals surface area contributed by atoms with E-state index in [1.54, 1.807) is 36.4 Å². The summed E-state index contributed by atoms with van der Waals surface area (Å²) >= 11 is 6.37. The predicted octanol–water partition coefficient (Wildman–Crippen LogP) is 5.83. The van der Waals surface area contributed by atoms with Crippen LogP contribution in [0.5, 0.6) is 23.0 Å². The van der Waals surface area contributed by atoms with E-state index in [1.165, 1.54) is 33.5 Å². The molecule has 1 aliphatic rings. The first-order valence-corrected chi connectivity index (χ1v) is 14.4. The van der Waals surface area contributed by atoms with Crippen molar-refractivity contribution in [2.45, 2.75) is 25.0 Å². The lowest BCUT2D eigenvalue weighted by Crippen LogP contribution is -2.37. The number of methoxy groups -OCH3 is 3. The van der Waals surface area contributed by atoms with Crippen LogP contribution in [0.25, 0.3) is 0 Å². The van der Waals surface area contributed by atoms with Crippen LogP contribution in [0.15, 0.2) is 78.9 Å². The van der Waals surface area contributed by atoms with E-state index in [0.717, 1.165) is 5.56 Å². The molecule has 0 aliphatic carbocycles. The summed E-state index contributed by atoms with van der Waals surface area (Å²) in [7, 11) is 4.39. The third kappa shape index (κ3) is 6.87. The highest BCUT2D eigenvalue weighted by atomic mass is 35.5. The van der Waals surface area contributed by atoms with Crippen LogP contribution >= 0.6 is 11.6 Å². The molecule has 10 nitrogen and oxygen atoms in total. The lowest BCUT2D eigenvalue weighted by Gasteiger charge is -2.28. The van der Waals surface area contributed by atoms with E-state index in [4.69, 9.17) is 36.3 Å². The number of ether oxygens (including phenoxy) is 4. The molecule has 4 aromatic carbocycles. The van der Waals surface area contributed by atoms with Gasteiger partial charge in [0.05, 0.1) is 44.4 Å². The second kappa shape index (κ2) is 13.7. The highest BCUT2D eigenvalue weighted by molar-refractivity contribution is 6.34. The average molecular weight is 630 g/mol. The molecular weight excluding hydrogens is 598 g/mol. The Morgan fingerprint density at radius 3 is 2.36 bits per heavy atom. The Hall–Kier alpha value is -5.06. The number of hydrogen-bond acceptors (Lipinski definition) is 8. The molecule has 0 spiro atoms. The van der Waals surface area contributed by atoms with Crippen molar-refractivity contribution in [3.63, 3.8) is 0 Å². The largest absolute Gasteiger partial charge is 0.493 e. The molecule has 0 bridgehead atoms. The lowest BCUT2D eigenvalue weighted by molar-refractivity contribution is -0.117. The molecule has 11 heteroatoms. The van der Waals surface area contributed by atoms with E-state index in [0.29, 0.717) is 40.6 Å². The van der Waals surface area contributed by atoms with Crippen molar-refractivity contribution in [3.8, 4) is 23.0 Å². The topological polar surface area (TPSA) is 138 Å². The van der Waals surface area contributed by atoms with Crippen LogP contribution in [0, 0.1) is 0 Å². The normalized spacial score (nSPS) is 14.4. The number of carbonyl (C=O) groups is 3. The molecule has 0 fully saturated rings. The Bertz CT molecular complexity index is 1750. The number of ketones is 1. The van der Waals surface area contributed by atoms with Gasteiger partial charge in [0.1, 0.15) is 17.4 Å². The third-order valence-electron chi connectivity index (χ3n) is 7.34. The number of carbonyl (C=O) groups excluding carboxylic acids is 3. The van der Waals surface area contributed by atoms with Gasteiger partial charge in [-0.3, -0.25) is 14.4 Å². The van der Waals surface area contributed by atoms with Crippen molar-refractivity contribution >= 4 is 40.6 Å². The monoisotopic (exact) mass is 629 g/mol. The van der Waals surface area contributed by atoms with Crippen LogP contribution in [-0.2, 0) is 11.2 Å². The molecule has 232 valence electrons. The fraction of sp³-hybridized carbons (Fsp3) is 0.206. The Morgan fingerprint density at radius 2 is 1.64 bits per heavy atom. The zero-order valence-electron chi connectivity index (χ0n) is 24.9. The SMILES string of the molecule is COc1cc2c(c(OC)c1OC)C(=O)CC(c1cccc(NC(=O)c3cc(NC(=O)[C@@H](N)Cc4ccccc4)ccc3Cl)c1)O2. The number of anilines is 2. The second-order valence-corrected chi connectivity index (χ2v) is 10.7. The molecule has 0 aromatic heterocycles. The molecule has 5 rings (SSSR count). The summed E-state index contributed by atoms with van der Waals surface area (Å²) < 4.78 is 22.5. The molecule has 45 heavy (non-hydrogen) atoms. The van der Waals surface area contributed by atoms with Crippen LogP contribution in [0.2, 0.25) is 5.02 Å². The minimum atomic E-state index is -0.784. The van der Waals surface area contributed by atoms with Crippen LogP contribution in [0.1, 0.15) is 44.4 Å². The first-order chi connectivity index (χ1) is 21.7. The first kappa shape index (κ1) is 31.4. The van der Waals surface area contributed by atoms with Crippen molar-refractivity contribution in [1.82, 2.24) is 0 Å². The molecule has 2 atom stereocenters. The maximum atomic E-state index is 13.3. The summed E-state index contributed by atoms with van der Waals surface area (Å²) in [6.07, 6.45) is -0.232. The molecule has 0 radical (unpaired) electrons. The van der Waals surface area contributed by atoms with E-state index < -0.39 is 24.0 Å². The average Bonchev–Trinajstić information content (AvgIpc) is 3.04. The second-order valence-electron chi connectivity index (χ2n) is 10.3. The van der Waals surface area contributed by atoms with Gasteiger partial charge in [-0.15, -0.1) is 0 Å². The van der Waals surface area contributed by atoms with Crippen molar-refractivity contribution in [2.75, 3.05) is 32.0 Å². The number of Topliss-reactive ketones (excluding diaryl/α,β-unsaturated/α-hetero) is 1. The maximum absolute atomic E-state index is 13.3. The predicted molar refractivity (Wildman–Crippen MR) is 171 cm³/mol. The fourth-order valence-electron chi connectivity index (χ4n) is 5.13. The minimum Gasteiger partial charge on any atom is -0.493 e. The van der Waals surface area contributed by atoms with E-state index in [9.17, 15) is 14.4 Å². The molecule has 2 amide bonds. The molecule has 1 aliphatic heterocycles. The highest BCUT2D eigenvalue weighted by Gasteiger charge is 2.34. The van der Waals surface area contributed by atoms with E-state index in [-0.39, 0.29) is 34.1 Å². The smallest absolute Gasteiger partial charge is 0.257 e. The Morgan fingerprint density at radius 1 is 0.911 bits per heavy atom. The van der Waals surface area contributed by atoms with Crippen LogP contribution in [0.4, 0.5) is 11.4 Å². The molecular formula is C34H32ClN3O7. The molecule has 1 heterocycles. The summed E-state index contributed by atoms with van der Waals surface area (Å²) in [4.78, 5) is 39.3. The summed E-state index contributed by atoms with van der Waals surface area (Å²) in [6, 6.07) is 21.9. The standard InChI is InChI=1S/C34H32ClN3O7/c1-42-29-18-28-30(32(44-3)31(29)43-2)26(39)17-27(45-28)20-10-7-11-21(15-20)37-33(40)23-16-22(12-13-24(23)35)38-34(41)25(36)14-19-8-5-4-6-9-19/h4-13,15-16,18,25,27H,14,17,36H2,1-3H3,(H,37,40)(H,38,41)/t25-,27?/m0/s1. The van der Waals surface area contributed by atoms with Crippen LogP contribution in [-0.4, -0.2) is 45.0 Å². The number of nitrogens with one attached hydrogen (secondary N) is 2. The van der Waals surface area contributed by atoms with Gasteiger partial charge in [-0.2, -0.15) is 0 Å². The summed E-state index contributed by atoms with van der Waals surface area (Å²) in [5.74, 6) is 0.126. The number of nitrogens with two attached hydrogens (primary N) is 1. The van der Waals surface area contributed by atoms with Crippen molar-refractivity contribution in [3.05, 3.63) is 106 Å². The Labute approximate surface area is 265 Å². The lowest BCUT2D eigenvalue weighted by atomic mass is 9.94. The first-order valence-electron chi connectivity index (χ1n) is 14.1. The maximum Gasteiger partial charge on any atom is 0.257 e. The quantitative estimate of drug-likeness (QED) is 0.199. The van der Waals surface area contributed by atoms with Gasteiger partial charge in [-0.05, 0) is 47.9 Å². The van der Waals surface area contributed by atoms with Gasteiger partial charge in [0.2, 0.25) is 11.7 Å². The summed E-state index contributed by atoms with van der Waals surface area (Å²) in [5.41, 5.74) is 8.98. The Balaban J connectivity index is 1.31. The van der Waals surface area contributed by atoms with Gasteiger partial charge in [0, 0.05) is 17.4 Å². The fourth-order valence-corrected chi connectivity index (χ4v) is 5.33. The van der Waals surface area contributed by atoms with Crippen molar-refractivity contribution < 1.29 is 33.3 Å². The van der Waals surface area contributed by atoms with E-state index >= 15 is 0 Å². The zero-order valence-corrected chi connectivity index (χ0v) is 25.6. The summed E-state index contributed by atoms with van der Waals surface area (Å²) in [5, 5.41) is 5.80. The number of fused-ring (bicyclic) bond motifs is 1. The van der Waals surface area contributed by atoms with Gasteiger partial charge in [0.25, 0.3) is 5.91 Å². The van der Waals surface area contributed by atoms with Crippen LogP contribution in [0.3, 0.4) is 0 Å². The van der Waals surface area contributed by atoms with E-state index in [2.05, 4.69) is 10.6 Å². The third-order valence-corrected chi connectivity index (χ3v) is 7.67. The van der Waals surface area contributed by atoms with Gasteiger partial charge in [-0.1, -0.05) is 54.1 Å². The minimum absolute atomic E-state index is 0.0379. The van der Waals surface area contributed by atoms with Gasteiger partial charge in [-0.25, -0.2) is 0 Å². The number of amides is 2. The number of rotatable bonds is 10. The van der Waals surface area contributed by atoms with Gasteiger partial charge < -0.3 is 35.3 Å². The van der Waals surface area contributed by atoms with Gasteiger partial charge >= 0.3 is 0 Å². The van der Waals surface area contributed by atoms with Crippen molar-refractivity contribution in [2.24, 2.45) is 5.73 Å². The molecule has 4 aromatic rings. The number of hydrogen-bond donors (Lipinski definition) is 3. The van der Waals surface area contributed by atoms with E-state index in [1.807, 2.05) is 30.3 Å². The zero-order chi connectivity index (χ0) is 32.1. The molecule has 1 unspecified atom stereocenters. The van der Waals surface area contributed by atoms with Gasteiger partial charge in [0.15, 0.2) is 17.3 Å². The molecule has 0 saturated heterocycles. The molecule has 4 N–H and O–H groups in total. The number of halogens is 1. The Kier molecular flexibility index (Phi) is 9.56. The summed E-state index contributed by atoms with van der Waals surface area (Å²) in [6.45, 7) is 0. The molecule has 0 saturated carbocycles. The van der Waals surface area contributed by atoms with Crippen molar-refractivity contribution in [1.29, 1.82) is 0 Å².